The maximum atomic E-state index is 10.6. The molecule has 1 aromatic heterocycles. The Morgan fingerprint density at radius 1 is 1.64 bits per heavy atom. The van der Waals surface area contributed by atoms with E-state index in [2.05, 4.69) is 0 Å². The number of thiophene rings is 1. The molecule has 1 aliphatic carbocycles. The summed E-state index contributed by atoms with van der Waals surface area (Å²) < 4.78 is 0. The number of aromatic carboxylic acids is 1. The fraction of sp³-hybridized carbons (Fsp3) is 0.125. The van der Waals surface area contributed by atoms with Crippen molar-refractivity contribution in [3.63, 3.8) is 0 Å². The Kier molecular flexibility index (Phi) is 1.32. The Bertz CT molecular complexity index is 336. The van der Waals surface area contributed by atoms with E-state index in [9.17, 15) is 4.79 Å². The molecular weight excluding hydrogens is 160 g/mol. The number of fused-ring (bicyclic) bond motifs is 1. The van der Waals surface area contributed by atoms with E-state index in [0.29, 0.717) is 4.88 Å². The zero-order valence-corrected chi connectivity index (χ0v) is 6.52. The summed E-state index contributed by atoms with van der Waals surface area (Å²) in [5.74, 6) is -0.817. The Morgan fingerprint density at radius 2 is 2.45 bits per heavy atom. The molecule has 0 amide bonds. The maximum Gasteiger partial charge on any atom is 0.346 e. The molecule has 1 heterocycles. The van der Waals surface area contributed by atoms with Gasteiger partial charge < -0.3 is 5.11 Å². The largest absolute Gasteiger partial charge is 0.477 e. The molecule has 0 bridgehead atoms. The highest BCUT2D eigenvalue weighted by Gasteiger charge is 2.16. The molecule has 0 unspecified atom stereocenters. The van der Waals surface area contributed by atoms with Crippen molar-refractivity contribution >= 4 is 23.4 Å². The molecule has 2 rings (SSSR count). The van der Waals surface area contributed by atoms with E-state index in [1.807, 2.05) is 17.5 Å². The molecule has 0 radical (unpaired) electrons. The van der Waals surface area contributed by atoms with Crippen LogP contribution in [-0.2, 0) is 6.42 Å². The van der Waals surface area contributed by atoms with Gasteiger partial charge in [0, 0.05) is 5.56 Å². The van der Waals surface area contributed by atoms with Crippen LogP contribution in [-0.4, -0.2) is 11.1 Å². The summed E-state index contributed by atoms with van der Waals surface area (Å²) in [5.41, 5.74) is 2.05. The third kappa shape index (κ3) is 0.886. The second kappa shape index (κ2) is 2.20. The normalized spacial score (nSPS) is 13.5. The molecule has 0 saturated carbocycles. The second-order valence-electron chi connectivity index (χ2n) is 2.42. The van der Waals surface area contributed by atoms with Crippen LogP contribution in [0.3, 0.4) is 0 Å². The van der Waals surface area contributed by atoms with Gasteiger partial charge in [0.15, 0.2) is 0 Å². The van der Waals surface area contributed by atoms with Gasteiger partial charge in [0.05, 0.1) is 0 Å². The fourth-order valence-electron chi connectivity index (χ4n) is 1.21. The van der Waals surface area contributed by atoms with Gasteiger partial charge in [-0.15, -0.1) is 11.3 Å². The summed E-state index contributed by atoms with van der Waals surface area (Å²) >= 11 is 1.31. The molecule has 0 aliphatic heterocycles. The molecule has 11 heavy (non-hydrogen) atoms. The van der Waals surface area contributed by atoms with Crippen LogP contribution >= 0.6 is 11.3 Å². The predicted octanol–water partition coefficient (Wildman–Crippen LogP) is 2.02. The monoisotopic (exact) mass is 166 g/mol. The maximum absolute atomic E-state index is 10.6. The van der Waals surface area contributed by atoms with E-state index in [1.165, 1.54) is 11.3 Å². The van der Waals surface area contributed by atoms with E-state index < -0.39 is 5.97 Å². The quantitative estimate of drug-likeness (QED) is 0.693. The van der Waals surface area contributed by atoms with Gasteiger partial charge >= 0.3 is 5.97 Å². The number of carbonyl (C=O) groups is 1. The van der Waals surface area contributed by atoms with Crippen LogP contribution in [0.2, 0.25) is 0 Å². The lowest BCUT2D eigenvalue weighted by Gasteiger charge is -1.89. The van der Waals surface area contributed by atoms with Crippen molar-refractivity contribution in [3.05, 3.63) is 27.5 Å². The van der Waals surface area contributed by atoms with Gasteiger partial charge in [0.2, 0.25) is 0 Å². The number of carboxylic acids is 1. The van der Waals surface area contributed by atoms with Crippen molar-refractivity contribution in [1.29, 1.82) is 0 Å². The fourth-order valence-corrected chi connectivity index (χ4v) is 2.12. The van der Waals surface area contributed by atoms with Crippen molar-refractivity contribution in [2.45, 2.75) is 6.42 Å². The van der Waals surface area contributed by atoms with E-state index in [0.717, 1.165) is 17.5 Å². The molecule has 1 aliphatic rings. The van der Waals surface area contributed by atoms with Crippen LogP contribution in [0.4, 0.5) is 0 Å². The molecule has 3 heteroatoms. The summed E-state index contributed by atoms with van der Waals surface area (Å²) in [4.78, 5) is 11.1. The molecule has 1 N–H and O–H groups in total. The minimum Gasteiger partial charge on any atom is -0.477 e. The first-order valence-corrected chi connectivity index (χ1v) is 4.17. The summed E-state index contributed by atoms with van der Waals surface area (Å²) in [6.45, 7) is 0. The molecule has 0 spiro atoms. The summed E-state index contributed by atoms with van der Waals surface area (Å²) in [6, 6.07) is 0. The summed E-state index contributed by atoms with van der Waals surface area (Å²) in [6.07, 6.45) is 4.76. The lowest BCUT2D eigenvalue weighted by Crippen LogP contribution is -1.93. The average molecular weight is 166 g/mol. The summed E-state index contributed by atoms with van der Waals surface area (Å²) in [5, 5.41) is 10.6. The van der Waals surface area contributed by atoms with Gasteiger partial charge in [-0.05, 0) is 17.4 Å². The number of allylic oxidation sites excluding steroid dienone is 1. The van der Waals surface area contributed by atoms with Crippen molar-refractivity contribution in [3.8, 4) is 0 Å². The van der Waals surface area contributed by atoms with Crippen molar-refractivity contribution < 1.29 is 9.90 Å². The van der Waals surface area contributed by atoms with Crippen LogP contribution in [0.25, 0.3) is 6.08 Å². The second-order valence-corrected chi connectivity index (χ2v) is 3.30. The topological polar surface area (TPSA) is 37.3 Å². The van der Waals surface area contributed by atoms with Crippen LogP contribution in [0.15, 0.2) is 11.5 Å². The van der Waals surface area contributed by atoms with Crippen LogP contribution in [0.5, 0.6) is 0 Å². The highest BCUT2D eigenvalue weighted by molar-refractivity contribution is 7.12. The first-order chi connectivity index (χ1) is 5.29. The van der Waals surface area contributed by atoms with Crippen LogP contribution in [0, 0.1) is 0 Å². The average Bonchev–Trinajstić information content (AvgIpc) is 2.41. The van der Waals surface area contributed by atoms with Crippen molar-refractivity contribution in [2.24, 2.45) is 0 Å². The Morgan fingerprint density at radius 3 is 3.18 bits per heavy atom. The van der Waals surface area contributed by atoms with Crippen LogP contribution in [0.1, 0.15) is 20.8 Å². The zero-order chi connectivity index (χ0) is 7.84. The molecule has 0 aromatic carbocycles. The number of hydrogen-bond donors (Lipinski definition) is 1. The third-order valence-electron chi connectivity index (χ3n) is 1.73. The lowest BCUT2D eigenvalue weighted by atomic mass is 10.2. The Balaban J connectivity index is 2.58. The van der Waals surface area contributed by atoms with Crippen molar-refractivity contribution in [2.75, 3.05) is 0 Å². The number of rotatable bonds is 1. The molecule has 2 nitrogen and oxygen atoms in total. The van der Waals surface area contributed by atoms with Gasteiger partial charge in [-0.1, -0.05) is 12.2 Å². The minimum atomic E-state index is -0.817. The third-order valence-corrected chi connectivity index (χ3v) is 2.76. The van der Waals surface area contributed by atoms with E-state index in [1.54, 1.807) is 0 Å². The molecule has 0 saturated heterocycles. The van der Waals surface area contributed by atoms with Gasteiger partial charge in [-0.2, -0.15) is 0 Å². The molecule has 56 valence electrons. The van der Waals surface area contributed by atoms with Crippen LogP contribution < -0.4 is 0 Å². The first kappa shape index (κ1) is 6.61. The first-order valence-electron chi connectivity index (χ1n) is 3.29. The predicted molar refractivity (Wildman–Crippen MR) is 44.0 cm³/mol. The van der Waals surface area contributed by atoms with Gasteiger partial charge in [-0.3, -0.25) is 0 Å². The SMILES string of the molecule is O=C(O)c1scc2c1C=CC2. The minimum absolute atomic E-state index is 0.466. The Labute approximate surface area is 67.8 Å². The van der Waals surface area contributed by atoms with Gasteiger partial charge in [0.1, 0.15) is 4.88 Å². The molecule has 1 aromatic rings. The number of hydrogen-bond acceptors (Lipinski definition) is 2. The lowest BCUT2D eigenvalue weighted by molar-refractivity contribution is 0.0702. The molecular formula is C8H6O2S. The molecule has 0 atom stereocenters. The van der Waals surface area contributed by atoms with Crippen molar-refractivity contribution in [1.82, 2.24) is 0 Å². The van der Waals surface area contributed by atoms with Gasteiger partial charge in [0.25, 0.3) is 0 Å². The van der Waals surface area contributed by atoms with E-state index in [4.69, 9.17) is 5.11 Å². The van der Waals surface area contributed by atoms with E-state index >= 15 is 0 Å². The summed E-state index contributed by atoms with van der Waals surface area (Å²) in [7, 11) is 0. The Hall–Kier alpha value is -1.09. The standard InChI is InChI=1S/C8H6O2S/c9-8(10)7-6-3-1-2-5(6)4-11-7/h1,3-4H,2H2,(H,9,10). The van der Waals surface area contributed by atoms with E-state index in [-0.39, 0.29) is 0 Å². The highest BCUT2D eigenvalue weighted by Crippen LogP contribution is 2.28. The highest BCUT2D eigenvalue weighted by atomic mass is 32.1. The van der Waals surface area contributed by atoms with Gasteiger partial charge in [-0.25, -0.2) is 4.79 Å². The zero-order valence-electron chi connectivity index (χ0n) is 5.70. The smallest absolute Gasteiger partial charge is 0.346 e. The number of carboxylic acid groups (broad SMARTS) is 1. The molecule has 0 fully saturated rings.